The lowest BCUT2D eigenvalue weighted by Crippen LogP contribution is -2.36. The van der Waals surface area contributed by atoms with Crippen LogP contribution in [-0.2, 0) is 4.79 Å². The molecule has 1 heterocycles. The van der Waals surface area contributed by atoms with E-state index in [9.17, 15) is 4.79 Å². The van der Waals surface area contributed by atoms with Gasteiger partial charge in [-0.25, -0.2) is 0 Å². The molecular weight excluding hydrogens is 222 g/mol. The lowest BCUT2D eigenvalue weighted by atomic mass is 10.0. The minimum atomic E-state index is -0.516. The Balaban J connectivity index is 2.87. The van der Waals surface area contributed by atoms with Gasteiger partial charge in [0.05, 0.1) is 7.11 Å². The van der Waals surface area contributed by atoms with Gasteiger partial charge < -0.3 is 21.5 Å². The van der Waals surface area contributed by atoms with Gasteiger partial charge in [-0.2, -0.15) is 9.97 Å². The summed E-state index contributed by atoms with van der Waals surface area (Å²) in [6, 6.07) is 1.60. The predicted molar refractivity (Wildman–Crippen MR) is 64.5 cm³/mol. The molecule has 0 unspecified atom stereocenters. The average molecular weight is 239 g/mol. The Bertz CT molecular complexity index is 419. The fourth-order valence-corrected chi connectivity index (χ4v) is 1.44. The first-order valence-electron chi connectivity index (χ1n) is 5.07. The number of hydrogen-bond acceptors (Lipinski definition) is 6. The van der Waals surface area contributed by atoms with E-state index in [1.54, 1.807) is 6.07 Å². The van der Waals surface area contributed by atoms with Crippen molar-refractivity contribution in [3.8, 4) is 5.88 Å². The number of nitrogens with one attached hydrogen (secondary N) is 1. The molecule has 1 aromatic heterocycles. The molecule has 7 heteroatoms. The van der Waals surface area contributed by atoms with Crippen LogP contribution in [0.15, 0.2) is 6.07 Å². The van der Waals surface area contributed by atoms with Crippen molar-refractivity contribution in [2.45, 2.75) is 25.8 Å². The summed E-state index contributed by atoms with van der Waals surface area (Å²) in [7, 11) is 1.49. The molecule has 1 amide bonds. The minimum Gasteiger partial charge on any atom is -0.481 e. The largest absolute Gasteiger partial charge is 0.481 e. The van der Waals surface area contributed by atoms with Crippen molar-refractivity contribution in [3.63, 3.8) is 0 Å². The Labute approximate surface area is 99.6 Å². The molecule has 7 nitrogen and oxygen atoms in total. The van der Waals surface area contributed by atoms with E-state index in [-0.39, 0.29) is 12.4 Å². The summed E-state index contributed by atoms with van der Waals surface area (Å²) in [5, 5.41) is 3.05. The number of carbonyl (C=O) groups excluding carboxylic acids is 1. The SMILES string of the molecule is COc1cc(NC(C)(C)CC(N)=O)nc(N)n1. The normalized spacial score (nSPS) is 11.0. The molecule has 0 fully saturated rings. The van der Waals surface area contributed by atoms with Crippen LogP contribution in [0, 0.1) is 0 Å². The summed E-state index contributed by atoms with van der Waals surface area (Å²) < 4.78 is 4.97. The van der Waals surface area contributed by atoms with Crippen LogP contribution in [0.4, 0.5) is 11.8 Å². The van der Waals surface area contributed by atoms with E-state index in [2.05, 4.69) is 15.3 Å². The molecule has 0 aliphatic rings. The molecule has 0 aliphatic carbocycles. The molecule has 0 spiro atoms. The van der Waals surface area contributed by atoms with E-state index in [0.29, 0.717) is 11.7 Å². The molecule has 5 N–H and O–H groups in total. The van der Waals surface area contributed by atoms with Crippen molar-refractivity contribution in [1.82, 2.24) is 9.97 Å². The second kappa shape index (κ2) is 4.86. The predicted octanol–water partition coefficient (Wildman–Crippen LogP) is 0.133. The van der Waals surface area contributed by atoms with Gasteiger partial charge in [-0.1, -0.05) is 0 Å². The van der Waals surface area contributed by atoms with E-state index in [1.807, 2.05) is 13.8 Å². The average Bonchev–Trinajstić information content (AvgIpc) is 2.13. The topological polar surface area (TPSA) is 116 Å². The molecule has 17 heavy (non-hydrogen) atoms. The fourth-order valence-electron chi connectivity index (χ4n) is 1.44. The highest BCUT2D eigenvalue weighted by molar-refractivity contribution is 5.75. The molecule has 1 rings (SSSR count). The van der Waals surface area contributed by atoms with Crippen molar-refractivity contribution in [3.05, 3.63) is 6.07 Å². The van der Waals surface area contributed by atoms with E-state index in [0.717, 1.165) is 0 Å². The number of nitrogens with two attached hydrogens (primary N) is 2. The Morgan fingerprint density at radius 2 is 2.18 bits per heavy atom. The molecular formula is C10H17N5O2. The monoisotopic (exact) mass is 239 g/mol. The smallest absolute Gasteiger partial charge is 0.225 e. The number of nitrogen functional groups attached to an aromatic ring is 1. The van der Waals surface area contributed by atoms with Gasteiger partial charge in [0, 0.05) is 18.0 Å². The molecule has 0 saturated carbocycles. The van der Waals surface area contributed by atoms with Crippen LogP contribution in [0.3, 0.4) is 0 Å². The quantitative estimate of drug-likeness (QED) is 0.672. The number of anilines is 2. The number of amides is 1. The summed E-state index contributed by atoms with van der Waals surface area (Å²) >= 11 is 0. The number of methoxy groups -OCH3 is 1. The maximum atomic E-state index is 10.9. The van der Waals surface area contributed by atoms with Crippen molar-refractivity contribution < 1.29 is 9.53 Å². The van der Waals surface area contributed by atoms with Crippen molar-refractivity contribution in [2.75, 3.05) is 18.2 Å². The number of hydrogen-bond donors (Lipinski definition) is 3. The van der Waals surface area contributed by atoms with Crippen molar-refractivity contribution in [1.29, 1.82) is 0 Å². The van der Waals surface area contributed by atoms with Gasteiger partial charge in [-0.05, 0) is 13.8 Å². The van der Waals surface area contributed by atoms with Gasteiger partial charge >= 0.3 is 0 Å². The molecule has 0 bridgehead atoms. The first-order valence-corrected chi connectivity index (χ1v) is 5.07. The summed E-state index contributed by atoms with van der Waals surface area (Å²) in [6.45, 7) is 3.67. The number of nitrogens with zero attached hydrogens (tertiary/aromatic N) is 2. The lowest BCUT2D eigenvalue weighted by Gasteiger charge is -2.25. The molecule has 94 valence electrons. The molecule has 1 aromatic rings. The van der Waals surface area contributed by atoms with Gasteiger partial charge in [0.15, 0.2) is 0 Å². The third-order valence-electron chi connectivity index (χ3n) is 2.01. The van der Waals surface area contributed by atoms with Crippen molar-refractivity contribution >= 4 is 17.7 Å². The number of ether oxygens (including phenoxy) is 1. The second-order valence-corrected chi connectivity index (χ2v) is 4.31. The van der Waals surface area contributed by atoms with Gasteiger partial charge in [0.2, 0.25) is 17.7 Å². The number of aromatic nitrogens is 2. The first-order chi connectivity index (χ1) is 7.82. The Morgan fingerprint density at radius 1 is 1.53 bits per heavy atom. The van der Waals surface area contributed by atoms with E-state index >= 15 is 0 Å². The molecule has 0 radical (unpaired) electrons. The third-order valence-corrected chi connectivity index (χ3v) is 2.01. The zero-order valence-electron chi connectivity index (χ0n) is 10.2. The summed E-state index contributed by atoms with van der Waals surface area (Å²) in [5.41, 5.74) is 10.2. The zero-order valence-corrected chi connectivity index (χ0v) is 10.2. The van der Waals surface area contributed by atoms with Gasteiger partial charge in [0.1, 0.15) is 5.82 Å². The van der Waals surface area contributed by atoms with Crippen LogP contribution in [0.1, 0.15) is 20.3 Å². The Morgan fingerprint density at radius 3 is 2.71 bits per heavy atom. The molecule has 0 aliphatic heterocycles. The molecule has 0 saturated heterocycles. The maximum Gasteiger partial charge on any atom is 0.225 e. The highest BCUT2D eigenvalue weighted by atomic mass is 16.5. The highest BCUT2D eigenvalue weighted by Crippen LogP contribution is 2.20. The molecule has 0 aromatic carbocycles. The summed E-state index contributed by atoms with van der Waals surface area (Å²) in [4.78, 5) is 18.7. The lowest BCUT2D eigenvalue weighted by molar-refractivity contribution is -0.118. The maximum absolute atomic E-state index is 10.9. The highest BCUT2D eigenvalue weighted by Gasteiger charge is 2.21. The summed E-state index contributed by atoms with van der Waals surface area (Å²) in [6.07, 6.45) is 0.180. The Kier molecular flexibility index (Phi) is 3.72. The fraction of sp³-hybridized carbons (Fsp3) is 0.500. The van der Waals surface area contributed by atoms with Crippen LogP contribution in [0.25, 0.3) is 0 Å². The van der Waals surface area contributed by atoms with Gasteiger partial charge in [0.25, 0.3) is 0 Å². The van der Waals surface area contributed by atoms with Crippen LogP contribution >= 0.6 is 0 Å². The summed E-state index contributed by atoms with van der Waals surface area (Å²) in [5.74, 6) is 0.550. The first kappa shape index (κ1) is 13.0. The second-order valence-electron chi connectivity index (χ2n) is 4.31. The van der Waals surface area contributed by atoms with Crippen molar-refractivity contribution in [2.24, 2.45) is 5.73 Å². The van der Waals surface area contributed by atoms with Crippen LogP contribution in [0.5, 0.6) is 5.88 Å². The van der Waals surface area contributed by atoms with Crippen LogP contribution in [0.2, 0.25) is 0 Å². The number of rotatable bonds is 5. The Hall–Kier alpha value is -2.05. The third kappa shape index (κ3) is 4.13. The van der Waals surface area contributed by atoms with Crippen LogP contribution < -0.4 is 21.5 Å². The minimum absolute atomic E-state index is 0.0988. The number of carbonyl (C=O) groups is 1. The van der Waals surface area contributed by atoms with Crippen LogP contribution in [-0.4, -0.2) is 28.5 Å². The zero-order chi connectivity index (χ0) is 13.1. The van der Waals surface area contributed by atoms with E-state index < -0.39 is 11.4 Å². The van der Waals surface area contributed by atoms with E-state index in [1.165, 1.54) is 7.11 Å². The molecule has 0 atom stereocenters. The van der Waals surface area contributed by atoms with E-state index in [4.69, 9.17) is 16.2 Å². The van der Waals surface area contributed by atoms with Gasteiger partial charge in [-0.15, -0.1) is 0 Å². The standard InChI is InChI=1S/C10H17N5O2/c1-10(2,5-6(11)16)15-7-4-8(17-3)14-9(12)13-7/h4H,5H2,1-3H3,(H2,11,16)(H3,12,13,14,15). The van der Waals surface area contributed by atoms with Gasteiger partial charge in [-0.3, -0.25) is 4.79 Å². The number of primary amides is 1.